The summed E-state index contributed by atoms with van der Waals surface area (Å²) in [6.07, 6.45) is 1.10. The number of anilines is 4. The molecule has 2 heterocycles. The topological polar surface area (TPSA) is 108 Å². The number of hydrogen-bond acceptors (Lipinski definition) is 8. The van der Waals surface area contributed by atoms with Gasteiger partial charge < -0.3 is 20.3 Å². The molecule has 0 spiro atoms. The largest absolute Gasteiger partial charge is 0.460 e. The van der Waals surface area contributed by atoms with Gasteiger partial charge in [0.15, 0.2) is 23.3 Å². The molecule has 0 amide bonds. The van der Waals surface area contributed by atoms with E-state index in [2.05, 4.69) is 20.7 Å². The van der Waals surface area contributed by atoms with Crippen LogP contribution >= 0.6 is 0 Å². The van der Waals surface area contributed by atoms with Crippen LogP contribution in [0.5, 0.6) is 0 Å². The molecule has 0 bridgehead atoms. The highest BCUT2D eigenvalue weighted by molar-refractivity contribution is 5.93. The highest BCUT2D eigenvalue weighted by Crippen LogP contribution is 2.30. The maximum absolute atomic E-state index is 15.2. The van der Waals surface area contributed by atoms with Crippen molar-refractivity contribution in [3.05, 3.63) is 71.5 Å². The van der Waals surface area contributed by atoms with Gasteiger partial charge in [-0.15, -0.1) is 0 Å². The predicted octanol–water partition coefficient (Wildman–Crippen LogP) is 5.93. The Morgan fingerprint density at radius 1 is 1.15 bits per heavy atom. The van der Waals surface area contributed by atoms with E-state index in [1.165, 1.54) is 6.07 Å². The van der Waals surface area contributed by atoms with Crippen molar-refractivity contribution in [2.24, 2.45) is 7.05 Å². The smallest absolute Gasteiger partial charge is 0.306 e. The number of nitrogens with one attached hydrogen (secondary N) is 2. The third-order valence-electron chi connectivity index (χ3n) is 6.40. The number of fused-ring (bicyclic) bond motifs is 1. The molecular weight excluding hydrogens is 521 g/mol. The first-order valence-corrected chi connectivity index (χ1v) is 13.5. The number of pyridine rings is 1. The SMILES string of the molecule is CN(C)c1nn(C)c2ccc(Nc3nc(N[C@@H](CCC(=O)OC(C)(C)C)Cc4ccccc4)c(F)cc3C#N)cc12. The van der Waals surface area contributed by atoms with Crippen LogP contribution in [0.4, 0.5) is 27.5 Å². The van der Waals surface area contributed by atoms with Crippen LogP contribution in [0.1, 0.15) is 44.7 Å². The lowest BCUT2D eigenvalue weighted by atomic mass is 10.0. The van der Waals surface area contributed by atoms with Gasteiger partial charge in [0.25, 0.3) is 0 Å². The minimum atomic E-state index is -0.653. The van der Waals surface area contributed by atoms with E-state index in [4.69, 9.17) is 4.74 Å². The van der Waals surface area contributed by atoms with Crippen molar-refractivity contribution in [2.45, 2.75) is 51.7 Å². The van der Waals surface area contributed by atoms with Gasteiger partial charge in [-0.1, -0.05) is 30.3 Å². The van der Waals surface area contributed by atoms with Gasteiger partial charge in [-0.05, 0) is 63.4 Å². The lowest BCUT2D eigenvalue weighted by molar-refractivity contribution is -0.154. The first kappa shape index (κ1) is 29.3. The molecule has 0 aliphatic carbocycles. The van der Waals surface area contributed by atoms with E-state index in [-0.39, 0.29) is 35.6 Å². The lowest BCUT2D eigenvalue weighted by Gasteiger charge is -2.23. The molecule has 41 heavy (non-hydrogen) atoms. The van der Waals surface area contributed by atoms with Crippen molar-refractivity contribution in [1.29, 1.82) is 5.26 Å². The maximum atomic E-state index is 15.2. The van der Waals surface area contributed by atoms with Crippen molar-refractivity contribution in [2.75, 3.05) is 29.6 Å². The van der Waals surface area contributed by atoms with Gasteiger partial charge >= 0.3 is 5.97 Å². The zero-order valence-corrected chi connectivity index (χ0v) is 24.3. The van der Waals surface area contributed by atoms with Gasteiger partial charge in [0.05, 0.1) is 11.1 Å². The Morgan fingerprint density at radius 2 is 1.88 bits per heavy atom. The molecule has 0 fully saturated rings. The van der Waals surface area contributed by atoms with Crippen LogP contribution in [0.2, 0.25) is 0 Å². The number of ether oxygens (including phenoxy) is 1. The summed E-state index contributed by atoms with van der Waals surface area (Å²) < 4.78 is 22.5. The van der Waals surface area contributed by atoms with Crippen LogP contribution < -0.4 is 15.5 Å². The molecule has 10 heteroatoms. The van der Waals surface area contributed by atoms with Crippen LogP contribution in [0.3, 0.4) is 0 Å². The summed E-state index contributed by atoms with van der Waals surface area (Å²) in [4.78, 5) is 18.8. The number of carbonyl (C=O) groups is 1. The van der Waals surface area contributed by atoms with Crippen LogP contribution in [0, 0.1) is 17.1 Å². The third kappa shape index (κ3) is 7.51. The van der Waals surface area contributed by atoms with Crippen LogP contribution in [0.15, 0.2) is 54.6 Å². The van der Waals surface area contributed by atoms with E-state index < -0.39 is 11.4 Å². The van der Waals surface area contributed by atoms with E-state index in [0.717, 1.165) is 22.3 Å². The van der Waals surface area contributed by atoms with Crippen LogP contribution in [-0.2, 0) is 23.0 Å². The summed E-state index contributed by atoms with van der Waals surface area (Å²) in [5.74, 6) is 0.0374. The predicted molar refractivity (Wildman–Crippen MR) is 160 cm³/mol. The molecule has 0 saturated heterocycles. The summed E-state index contributed by atoms with van der Waals surface area (Å²) in [6, 6.07) is 18.4. The second-order valence-electron chi connectivity index (χ2n) is 11.2. The fourth-order valence-corrected chi connectivity index (χ4v) is 4.56. The number of nitrogens with zero attached hydrogens (tertiary/aromatic N) is 5. The number of nitriles is 1. The average Bonchev–Trinajstić information content (AvgIpc) is 3.24. The third-order valence-corrected chi connectivity index (χ3v) is 6.40. The zero-order valence-electron chi connectivity index (χ0n) is 24.3. The highest BCUT2D eigenvalue weighted by atomic mass is 19.1. The highest BCUT2D eigenvalue weighted by Gasteiger charge is 2.21. The summed E-state index contributed by atoms with van der Waals surface area (Å²) >= 11 is 0. The Bertz CT molecular complexity index is 1570. The molecular formula is C31H36FN7O2. The fourth-order valence-electron chi connectivity index (χ4n) is 4.56. The number of benzene rings is 2. The number of aromatic nitrogens is 3. The lowest BCUT2D eigenvalue weighted by Crippen LogP contribution is -2.28. The monoisotopic (exact) mass is 557 g/mol. The quantitative estimate of drug-likeness (QED) is 0.231. The molecule has 0 aliphatic heterocycles. The van der Waals surface area contributed by atoms with E-state index in [9.17, 15) is 10.1 Å². The second-order valence-corrected chi connectivity index (χ2v) is 11.2. The van der Waals surface area contributed by atoms with Gasteiger partial charge in [0.1, 0.15) is 11.7 Å². The number of carbonyl (C=O) groups excluding carboxylic acids is 1. The summed E-state index contributed by atoms with van der Waals surface area (Å²) in [5, 5.41) is 21.6. The summed E-state index contributed by atoms with van der Waals surface area (Å²) in [6.45, 7) is 5.47. The van der Waals surface area contributed by atoms with Crippen LogP contribution in [0.25, 0.3) is 10.9 Å². The molecule has 0 saturated carbocycles. The van der Waals surface area contributed by atoms with E-state index in [1.807, 2.05) is 101 Å². The Kier molecular flexibility index (Phi) is 8.77. The number of hydrogen-bond donors (Lipinski definition) is 2. The molecule has 214 valence electrons. The van der Waals surface area contributed by atoms with Gasteiger partial charge in [-0.2, -0.15) is 10.4 Å². The molecule has 2 N–H and O–H groups in total. The Labute approximate surface area is 239 Å². The standard InChI is InChI=1S/C31H36FN7O2/c1-31(2,3)41-27(40)15-13-22(16-20-10-8-7-9-11-20)35-29-25(32)17-21(19-33)28(36-29)34-23-12-14-26-24(18-23)30(38(4)5)37-39(26)6/h7-12,14,17-18,22H,13,15-16H2,1-6H3,(H2,34,35,36)/t22-/m0/s1. The van der Waals surface area contributed by atoms with E-state index >= 15 is 4.39 Å². The van der Waals surface area contributed by atoms with Crippen molar-refractivity contribution < 1.29 is 13.9 Å². The molecule has 0 aliphatic rings. The van der Waals surface area contributed by atoms with E-state index in [0.29, 0.717) is 18.5 Å². The molecule has 0 unspecified atom stereocenters. The number of halogens is 1. The Balaban J connectivity index is 1.61. The molecule has 2 aromatic heterocycles. The first-order valence-electron chi connectivity index (χ1n) is 13.5. The summed E-state index contributed by atoms with van der Waals surface area (Å²) in [5.41, 5.74) is 2.14. The molecule has 1 atom stereocenters. The Hall–Kier alpha value is -4.65. The molecule has 4 rings (SSSR count). The molecule has 2 aromatic carbocycles. The van der Waals surface area contributed by atoms with E-state index in [1.54, 1.807) is 4.68 Å². The van der Waals surface area contributed by atoms with Crippen molar-refractivity contribution in [1.82, 2.24) is 14.8 Å². The van der Waals surface area contributed by atoms with Gasteiger partial charge in [-0.25, -0.2) is 9.37 Å². The Morgan fingerprint density at radius 3 is 2.54 bits per heavy atom. The fraction of sp³-hybridized carbons (Fsp3) is 0.355. The molecule has 0 radical (unpaired) electrons. The van der Waals surface area contributed by atoms with Crippen LogP contribution in [-0.4, -0.2) is 46.5 Å². The zero-order chi connectivity index (χ0) is 29.7. The number of aryl methyl sites for hydroxylation is 1. The van der Waals surface area contributed by atoms with Crippen molar-refractivity contribution in [3.8, 4) is 6.07 Å². The average molecular weight is 558 g/mol. The molecule has 4 aromatic rings. The minimum absolute atomic E-state index is 0.00643. The number of esters is 1. The van der Waals surface area contributed by atoms with Gasteiger partial charge in [0.2, 0.25) is 0 Å². The maximum Gasteiger partial charge on any atom is 0.306 e. The number of rotatable bonds is 10. The van der Waals surface area contributed by atoms with Crippen molar-refractivity contribution in [3.63, 3.8) is 0 Å². The van der Waals surface area contributed by atoms with Gasteiger partial charge in [-0.3, -0.25) is 9.48 Å². The normalized spacial score (nSPS) is 12.0. The first-order chi connectivity index (χ1) is 19.4. The minimum Gasteiger partial charge on any atom is -0.460 e. The van der Waals surface area contributed by atoms with Gasteiger partial charge in [0, 0.05) is 44.7 Å². The summed E-state index contributed by atoms with van der Waals surface area (Å²) in [7, 11) is 5.72. The molecule has 9 nitrogen and oxygen atoms in total. The second kappa shape index (κ2) is 12.3. The van der Waals surface area contributed by atoms with Crippen molar-refractivity contribution >= 4 is 40.0 Å².